The normalized spacial score (nSPS) is 15.2. The Morgan fingerprint density at radius 3 is 2.50 bits per heavy atom. The van der Waals surface area contributed by atoms with Crippen LogP contribution in [-0.2, 0) is 4.79 Å². The molecule has 1 aromatic heterocycles. The molecule has 0 aliphatic carbocycles. The van der Waals surface area contributed by atoms with Gasteiger partial charge in [0.2, 0.25) is 5.91 Å². The van der Waals surface area contributed by atoms with Crippen molar-refractivity contribution in [2.24, 2.45) is 0 Å². The Morgan fingerprint density at radius 1 is 0.941 bits per heavy atom. The van der Waals surface area contributed by atoms with Gasteiger partial charge < -0.3 is 24.6 Å². The summed E-state index contributed by atoms with van der Waals surface area (Å²) in [5.74, 6) is 2.30. The molecule has 0 unspecified atom stereocenters. The number of carbonyl (C=O) groups excluding carboxylic acids is 1. The van der Waals surface area contributed by atoms with Gasteiger partial charge in [-0.2, -0.15) is 0 Å². The van der Waals surface area contributed by atoms with Crippen LogP contribution in [0.1, 0.15) is 0 Å². The lowest BCUT2D eigenvalue weighted by atomic mass is 10.2. The molecule has 2 aliphatic rings. The number of ether oxygens (including phenoxy) is 2. The predicted octanol–water partition coefficient (Wildman–Crippen LogP) is 3.96. The van der Waals surface area contributed by atoms with Gasteiger partial charge in [-0.15, -0.1) is 10.2 Å². The van der Waals surface area contributed by atoms with Crippen LogP contribution in [0.15, 0.2) is 59.6 Å². The molecule has 1 amide bonds. The van der Waals surface area contributed by atoms with Crippen LogP contribution in [0.25, 0.3) is 0 Å². The molecule has 2 aromatic carbocycles. The molecule has 2 aliphatic heterocycles. The van der Waals surface area contributed by atoms with Gasteiger partial charge >= 0.3 is 0 Å². The molecule has 10 heteroatoms. The highest BCUT2D eigenvalue weighted by Gasteiger charge is 2.19. The summed E-state index contributed by atoms with van der Waals surface area (Å²) in [6, 6.07) is 17.2. The van der Waals surface area contributed by atoms with E-state index in [1.807, 2.05) is 30.3 Å². The molecule has 1 saturated heterocycles. The third kappa shape index (κ3) is 5.48. The number of piperazine rings is 1. The van der Waals surface area contributed by atoms with Crippen molar-refractivity contribution in [2.75, 3.05) is 60.3 Å². The lowest BCUT2D eigenvalue weighted by Gasteiger charge is -2.36. The van der Waals surface area contributed by atoms with E-state index < -0.39 is 0 Å². The second kappa shape index (κ2) is 10.4. The predicted molar refractivity (Wildman–Crippen MR) is 135 cm³/mol. The van der Waals surface area contributed by atoms with E-state index in [1.165, 1.54) is 11.8 Å². The second-order valence-corrected chi connectivity index (χ2v) is 9.31. The summed E-state index contributed by atoms with van der Waals surface area (Å²) in [7, 11) is 0. The van der Waals surface area contributed by atoms with Gasteiger partial charge in [0.05, 0.1) is 5.75 Å². The van der Waals surface area contributed by atoms with Crippen LogP contribution in [0.4, 0.5) is 17.2 Å². The molecular formula is C24H24ClN5O3S. The Balaban J connectivity index is 1.10. The van der Waals surface area contributed by atoms with Gasteiger partial charge in [-0.3, -0.25) is 4.79 Å². The van der Waals surface area contributed by atoms with Gasteiger partial charge in [0.1, 0.15) is 18.2 Å². The first-order valence-electron chi connectivity index (χ1n) is 11.1. The lowest BCUT2D eigenvalue weighted by molar-refractivity contribution is -0.113. The highest BCUT2D eigenvalue weighted by atomic mass is 35.5. The molecule has 3 aromatic rings. The number of halogens is 1. The quantitative estimate of drug-likeness (QED) is 0.513. The monoisotopic (exact) mass is 497 g/mol. The van der Waals surface area contributed by atoms with E-state index in [4.69, 9.17) is 21.1 Å². The molecule has 5 rings (SSSR count). The molecule has 0 atom stereocenters. The van der Waals surface area contributed by atoms with E-state index >= 15 is 0 Å². The van der Waals surface area contributed by atoms with Crippen LogP contribution in [0.2, 0.25) is 5.02 Å². The molecule has 176 valence electrons. The standard InChI is InChI=1S/C24H24ClN5O3S/c25-17-2-1-3-19(14-17)29-8-10-30(11-9-29)22-6-7-24(28-27-22)34-16-23(31)26-18-4-5-20-21(15-18)33-13-12-32-20/h1-7,14-15H,8-13,16H2,(H,26,31). The minimum Gasteiger partial charge on any atom is -0.486 e. The first-order chi connectivity index (χ1) is 16.6. The Kier molecular flexibility index (Phi) is 6.92. The van der Waals surface area contributed by atoms with Crippen molar-refractivity contribution in [3.05, 3.63) is 59.6 Å². The van der Waals surface area contributed by atoms with E-state index in [2.05, 4.69) is 31.4 Å². The molecule has 0 radical (unpaired) electrons. The zero-order valence-corrected chi connectivity index (χ0v) is 20.0. The number of fused-ring (bicyclic) bond motifs is 1. The zero-order valence-electron chi connectivity index (χ0n) is 18.4. The molecule has 1 N–H and O–H groups in total. The Labute approximate surface area is 207 Å². The van der Waals surface area contributed by atoms with E-state index in [9.17, 15) is 4.79 Å². The largest absolute Gasteiger partial charge is 0.486 e. The lowest BCUT2D eigenvalue weighted by Crippen LogP contribution is -2.46. The number of benzene rings is 2. The number of hydrogen-bond acceptors (Lipinski definition) is 8. The molecule has 0 saturated carbocycles. The minimum atomic E-state index is -0.121. The number of nitrogens with zero attached hydrogens (tertiary/aromatic N) is 4. The summed E-state index contributed by atoms with van der Waals surface area (Å²) in [5, 5.41) is 13.0. The Hall–Kier alpha value is -3.17. The minimum absolute atomic E-state index is 0.121. The average molecular weight is 498 g/mol. The van der Waals surface area contributed by atoms with Gasteiger partial charge in [-0.25, -0.2) is 0 Å². The first kappa shape index (κ1) is 22.6. The first-order valence-corrected chi connectivity index (χ1v) is 12.4. The summed E-state index contributed by atoms with van der Waals surface area (Å²) >= 11 is 7.47. The smallest absolute Gasteiger partial charge is 0.234 e. The zero-order chi connectivity index (χ0) is 23.3. The van der Waals surface area contributed by atoms with Gasteiger partial charge in [-0.1, -0.05) is 29.4 Å². The van der Waals surface area contributed by atoms with Crippen molar-refractivity contribution in [1.29, 1.82) is 0 Å². The fraction of sp³-hybridized carbons (Fsp3) is 0.292. The maximum Gasteiger partial charge on any atom is 0.234 e. The topological polar surface area (TPSA) is 79.8 Å². The van der Waals surface area contributed by atoms with Crippen LogP contribution in [0, 0.1) is 0 Å². The highest BCUT2D eigenvalue weighted by Crippen LogP contribution is 2.32. The van der Waals surface area contributed by atoms with E-state index in [0.717, 1.165) is 42.7 Å². The number of thioether (sulfide) groups is 1. The molecule has 8 nitrogen and oxygen atoms in total. The molecule has 0 bridgehead atoms. The van der Waals surface area contributed by atoms with E-state index in [0.29, 0.717) is 35.4 Å². The fourth-order valence-electron chi connectivity index (χ4n) is 3.88. The Bertz CT molecular complexity index is 1160. The number of aromatic nitrogens is 2. The summed E-state index contributed by atoms with van der Waals surface area (Å²) in [5.41, 5.74) is 1.81. The fourth-order valence-corrected chi connectivity index (χ4v) is 4.68. The summed E-state index contributed by atoms with van der Waals surface area (Å²) < 4.78 is 11.1. The second-order valence-electron chi connectivity index (χ2n) is 7.88. The van der Waals surface area contributed by atoms with E-state index in [-0.39, 0.29) is 11.7 Å². The molecule has 0 spiro atoms. The maximum atomic E-state index is 12.4. The van der Waals surface area contributed by atoms with Gasteiger partial charge in [0.25, 0.3) is 0 Å². The molecule has 1 fully saturated rings. The highest BCUT2D eigenvalue weighted by molar-refractivity contribution is 7.99. The average Bonchev–Trinajstić information content (AvgIpc) is 2.88. The van der Waals surface area contributed by atoms with Crippen molar-refractivity contribution < 1.29 is 14.3 Å². The van der Waals surface area contributed by atoms with Crippen LogP contribution in [-0.4, -0.2) is 61.3 Å². The maximum absolute atomic E-state index is 12.4. The van der Waals surface area contributed by atoms with Crippen LogP contribution >= 0.6 is 23.4 Å². The van der Waals surface area contributed by atoms with Crippen molar-refractivity contribution >= 4 is 46.5 Å². The van der Waals surface area contributed by atoms with Crippen molar-refractivity contribution in [3.8, 4) is 11.5 Å². The van der Waals surface area contributed by atoms with Crippen LogP contribution < -0.4 is 24.6 Å². The van der Waals surface area contributed by atoms with Crippen LogP contribution in [0.5, 0.6) is 11.5 Å². The number of anilines is 3. The number of hydrogen-bond donors (Lipinski definition) is 1. The SMILES string of the molecule is O=C(CSc1ccc(N2CCN(c3cccc(Cl)c3)CC2)nn1)Nc1ccc2c(c1)OCCO2. The number of nitrogens with one attached hydrogen (secondary N) is 1. The summed E-state index contributed by atoms with van der Waals surface area (Å²) in [4.78, 5) is 16.9. The van der Waals surface area contributed by atoms with Crippen molar-refractivity contribution in [3.63, 3.8) is 0 Å². The van der Waals surface area contributed by atoms with Gasteiger partial charge in [-0.05, 0) is 42.5 Å². The van der Waals surface area contributed by atoms with Crippen molar-refractivity contribution in [2.45, 2.75) is 5.03 Å². The summed E-state index contributed by atoms with van der Waals surface area (Å²) in [6.07, 6.45) is 0. The molecule has 34 heavy (non-hydrogen) atoms. The third-order valence-corrected chi connectivity index (χ3v) is 6.74. The van der Waals surface area contributed by atoms with E-state index in [1.54, 1.807) is 18.2 Å². The number of carbonyl (C=O) groups is 1. The summed E-state index contributed by atoms with van der Waals surface area (Å²) in [6.45, 7) is 4.52. The van der Waals surface area contributed by atoms with Crippen LogP contribution in [0.3, 0.4) is 0 Å². The third-order valence-electron chi connectivity index (χ3n) is 5.58. The van der Waals surface area contributed by atoms with Gasteiger partial charge in [0.15, 0.2) is 17.3 Å². The number of amides is 1. The number of rotatable bonds is 6. The molecule has 3 heterocycles. The molecular weight excluding hydrogens is 474 g/mol. The Morgan fingerprint density at radius 2 is 1.74 bits per heavy atom. The van der Waals surface area contributed by atoms with Crippen molar-refractivity contribution in [1.82, 2.24) is 10.2 Å². The van der Waals surface area contributed by atoms with Gasteiger partial charge in [0, 0.05) is 48.6 Å².